The van der Waals surface area contributed by atoms with Gasteiger partial charge >= 0.3 is 6.18 Å². The van der Waals surface area contributed by atoms with Gasteiger partial charge in [-0.2, -0.15) is 13.2 Å². The number of hydrogen-bond acceptors (Lipinski definition) is 2. The van der Waals surface area contributed by atoms with E-state index in [0.717, 1.165) is 12.1 Å². The first-order valence-corrected chi connectivity index (χ1v) is 5.62. The second-order valence-electron chi connectivity index (χ2n) is 4.14. The highest BCUT2D eigenvalue weighted by Gasteiger charge is 2.34. The molecule has 0 radical (unpaired) electrons. The number of fused-ring (bicyclic) bond motifs is 1. The number of benzene rings is 1. The van der Waals surface area contributed by atoms with Crippen LogP contribution in [0.5, 0.6) is 0 Å². The third-order valence-electron chi connectivity index (χ3n) is 2.80. The van der Waals surface area contributed by atoms with Crippen LogP contribution >= 0.6 is 0 Å². The number of hydrogen-bond donors (Lipinski definition) is 0. The fourth-order valence-electron chi connectivity index (χ4n) is 1.93. The average Bonchev–Trinajstić information content (AvgIpc) is 2.81. The molecule has 0 aliphatic rings. The van der Waals surface area contributed by atoms with Crippen LogP contribution in [0, 0.1) is 5.82 Å². The van der Waals surface area contributed by atoms with Crippen LogP contribution in [-0.4, -0.2) is 14.4 Å². The van der Waals surface area contributed by atoms with Crippen LogP contribution in [0.2, 0.25) is 0 Å². The van der Waals surface area contributed by atoms with Gasteiger partial charge < -0.3 is 0 Å². The molecule has 0 bridgehead atoms. The molecule has 2 aromatic heterocycles. The van der Waals surface area contributed by atoms with E-state index in [9.17, 15) is 17.6 Å². The summed E-state index contributed by atoms with van der Waals surface area (Å²) in [5, 5.41) is 0. The van der Waals surface area contributed by atoms with Gasteiger partial charge in [0.05, 0.1) is 11.3 Å². The lowest BCUT2D eigenvalue weighted by molar-refractivity contribution is -0.137. The molecule has 1 aromatic carbocycles. The SMILES string of the molecule is Fc1ccc(-c2cn3cccnc3n2)c(C(F)(F)F)c1. The van der Waals surface area contributed by atoms with Crippen LogP contribution < -0.4 is 0 Å². The highest BCUT2D eigenvalue weighted by Crippen LogP contribution is 2.37. The molecule has 0 atom stereocenters. The van der Waals surface area contributed by atoms with Crippen molar-refractivity contribution >= 4 is 5.78 Å². The Balaban J connectivity index is 2.23. The molecule has 0 saturated heterocycles. The lowest BCUT2D eigenvalue weighted by atomic mass is 10.0. The average molecular weight is 281 g/mol. The molecule has 102 valence electrons. The fourth-order valence-corrected chi connectivity index (χ4v) is 1.93. The largest absolute Gasteiger partial charge is 0.417 e. The third kappa shape index (κ3) is 2.11. The summed E-state index contributed by atoms with van der Waals surface area (Å²) < 4.78 is 53.4. The molecule has 0 aliphatic carbocycles. The number of halogens is 4. The van der Waals surface area contributed by atoms with E-state index in [0.29, 0.717) is 6.07 Å². The Morgan fingerprint density at radius 2 is 1.95 bits per heavy atom. The van der Waals surface area contributed by atoms with Crippen LogP contribution in [0.25, 0.3) is 17.0 Å². The van der Waals surface area contributed by atoms with Crippen LogP contribution in [0.4, 0.5) is 17.6 Å². The summed E-state index contributed by atoms with van der Waals surface area (Å²) >= 11 is 0. The number of aromatic nitrogens is 3. The molecule has 0 saturated carbocycles. The minimum Gasteiger partial charge on any atom is -0.291 e. The zero-order chi connectivity index (χ0) is 14.3. The number of alkyl halides is 3. The first-order valence-electron chi connectivity index (χ1n) is 5.62. The predicted octanol–water partition coefficient (Wildman–Crippen LogP) is 3.55. The van der Waals surface area contributed by atoms with Gasteiger partial charge in [-0.25, -0.2) is 14.4 Å². The van der Waals surface area contributed by atoms with Crippen LogP contribution in [0.3, 0.4) is 0 Å². The van der Waals surface area contributed by atoms with Gasteiger partial charge in [-0.1, -0.05) is 0 Å². The predicted molar refractivity (Wildman–Crippen MR) is 63.4 cm³/mol. The summed E-state index contributed by atoms with van der Waals surface area (Å²) in [4.78, 5) is 7.95. The molecule has 0 unspecified atom stereocenters. The maximum absolute atomic E-state index is 13.1. The first-order chi connectivity index (χ1) is 9.45. The Morgan fingerprint density at radius 1 is 1.15 bits per heavy atom. The lowest BCUT2D eigenvalue weighted by Crippen LogP contribution is -2.07. The summed E-state index contributed by atoms with van der Waals surface area (Å²) in [6.07, 6.45) is -0.122. The van der Waals surface area contributed by atoms with Crippen molar-refractivity contribution in [3.05, 3.63) is 54.2 Å². The molecular formula is C13H7F4N3. The van der Waals surface area contributed by atoms with Gasteiger partial charge in [0.25, 0.3) is 0 Å². The minimum absolute atomic E-state index is 0.0935. The van der Waals surface area contributed by atoms with Gasteiger partial charge in [-0.3, -0.25) is 4.40 Å². The monoisotopic (exact) mass is 281 g/mol. The van der Waals surface area contributed by atoms with Gasteiger partial charge in [-0.05, 0) is 24.3 Å². The fraction of sp³-hybridized carbons (Fsp3) is 0.0769. The van der Waals surface area contributed by atoms with Gasteiger partial charge in [0.15, 0.2) is 0 Å². The van der Waals surface area contributed by atoms with Crippen molar-refractivity contribution in [1.29, 1.82) is 0 Å². The molecule has 3 rings (SSSR count). The van der Waals surface area contributed by atoms with Crippen LogP contribution in [0.1, 0.15) is 5.56 Å². The van der Waals surface area contributed by atoms with Gasteiger partial charge in [0, 0.05) is 24.2 Å². The van der Waals surface area contributed by atoms with E-state index in [4.69, 9.17) is 0 Å². The van der Waals surface area contributed by atoms with Crippen molar-refractivity contribution < 1.29 is 17.6 Å². The Kier molecular flexibility index (Phi) is 2.70. The van der Waals surface area contributed by atoms with E-state index in [1.165, 1.54) is 16.8 Å². The maximum atomic E-state index is 13.1. The summed E-state index contributed by atoms with van der Waals surface area (Å²) in [7, 11) is 0. The molecule has 3 nitrogen and oxygen atoms in total. The van der Waals surface area contributed by atoms with Crippen molar-refractivity contribution in [3.8, 4) is 11.3 Å². The van der Waals surface area contributed by atoms with E-state index in [1.807, 2.05) is 0 Å². The maximum Gasteiger partial charge on any atom is 0.417 e. The summed E-state index contributed by atoms with van der Waals surface area (Å²) in [6, 6.07) is 4.14. The van der Waals surface area contributed by atoms with Crippen molar-refractivity contribution in [1.82, 2.24) is 14.4 Å². The molecule has 7 heteroatoms. The minimum atomic E-state index is -4.65. The molecule has 0 aliphatic heterocycles. The normalized spacial score (nSPS) is 12.0. The van der Waals surface area contributed by atoms with Crippen molar-refractivity contribution in [2.45, 2.75) is 6.18 Å². The summed E-state index contributed by atoms with van der Waals surface area (Å²) in [5.41, 5.74) is -1.14. The second-order valence-corrected chi connectivity index (χ2v) is 4.14. The van der Waals surface area contributed by atoms with E-state index in [1.54, 1.807) is 12.3 Å². The van der Waals surface area contributed by atoms with E-state index < -0.39 is 17.6 Å². The van der Waals surface area contributed by atoms with E-state index >= 15 is 0 Å². The Morgan fingerprint density at radius 3 is 2.65 bits per heavy atom. The number of rotatable bonds is 1. The second kappa shape index (κ2) is 4.29. The smallest absolute Gasteiger partial charge is 0.291 e. The molecule has 0 amide bonds. The third-order valence-corrected chi connectivity index (χ3v) is 2.80. The molecule has 3 aromatic rings. The zero-order valence-electron chi connectivity index (χ0n) is 9.89. The Hall–Kier alpha value is -2.44. The molecule has 0 N–H and O–H groups in total. The van der Waals surface area contributed by atoms with E-state index in [2.05, 4.69) is 9.97 Å². The van der Waals surface area contributed by atoms with Crippen molar-refractivity contribution in [3.63, 3.8) is 0 Å². The summed E-state index contributed by atoms with van der Waals surface area (Å²) in [5.74, 6) is -0.664. The topological polar surface area (TPSA) is 30.2 Å². The van der Waals surface area contributed by atoms with Crippen molar-refractivity contribution in [2.75, 3.05) is 0 Å². The first kappa shape index (κ1) is 12.6. The highest BCUT2D eigenvalue weighted by molar-refractivity contribution is 5.66. The lowest BCUT2D eigenvalue weighted by Gasteiger charge is -2.11. The highest BCUT2D eigenvalue weighted by atomic mass is 19.4. The van der Waals surface area contributed by atoms with E-state index in [-0.39, 0.29) is 17.0 Å². The molecule has 20 heavy (non-hydrogen) atoms. The van der Waals surface area contributed by atoms with Crippen LogP contribution in [0.15, 0.2) is 42.9 Å². The Bertz CT molecular complexity index is 744. The standard InChI is InChI=1S/C13H7F4N3/c14-8-2-3-9(10(6-8)13(15,16)17)11-7-20-5-1-4-18-12(20)19-11/h1-7H. The number of nitrogens with zero attached hydrogens (tertiary/aromatic N) is 3. The Labute approximate surface area is 110 Å². The molecule has 0 spiro atoms. The van der Waals surface area contributed by atoms with Crippen LogP contribution in [-0.2, 0) is 6.18 Å². The quantitative estimate of drug-likeness (QED) is 0.638. The zero-order valence-corrected chi connectivity index (χ0v) is 9.89. The molecular weight excluding hydrogens is 274 g/mol. The van der Waals surface area contributed by atoms with Gasteiger partial charge in [0.2, 0.25) is 5.78 Å². The van der Waals surface area contributed by atoms with Gasteiger partial charge in [0.1, 0.15) is 5.82 Å². The van der Waals surface area contributed by atoms with Crippen molar-refractivity contribution in [2.24, 2.45) is 0 Å². The van der Waals surface area contributed by atoms with Gasteiger partial charge in [-0.15, -0.1) is 0 Å². The molecule has 2 heterocycles. The summed E-state index contributed by atoms with van der Waals surface area (Å²) in [6.45, 7) is 0. The molecule has 0 fully saturated rings. The number of imidazole rings is 1.